The van der Waals surface area contributed by atoms with E-state index < -0.39 is 0 Å². The molecule has 29 heavy (non-hydrogen) atoms. The summed E-state index contributed by atoms with van der Waals surface area (Å²) in [5.74, 6) is 1.79. The summed E-state index contributed by atoms with van der Waals surface area (Å²) in [4.78, 5) is 6.88. The van der Waals surface area contributed by atoms with E-state index >= 15 is 0 Å². The van der Waals surface area contributed by atoms with Crippen LogP contribution in [0.4, 0.5) is 0 Å². The van der Waals surface area contributed by atoms with E-state index in [0.717, 1.165) is 18.4 Å². The maximum atomic E-state index is 6.06. The van der Waals surface area contributed by atoms with Crippen molar-refractivity contribution in [3.63, 3.8) is 0 Å². The quantitative estimate of drug-likeness (QED) is 0.500. The SMILES string of the molecule is CN(C)C(c1ccccc1)C1CCC(=Cc2nc(-c3cccc(Cl)c3)no2)CC1. The molecule has 2 aromatic carbocycles. The Kier molecular flexibility index (Phi) is 6.12. The molecule has 3 aromatic rings. The Morgan fingerprint density at radius 3 is 2.52 bits per heavy atom. The van der Waals surface area contributed by atoms with Crippen LogP contribution in [-0.2, 0) is 0 Å². The number of nitrogens with zero attached hydrogens (tertiary/aromatic N) is 3. The Labute approximate surface area is 177 Å². The summed E-state index contributed by atoms with van der Waals surface area (Å²) >= 11 is 6.06. The van der Waals surface area contributed by atoms with Crippen molar-refractivity contribution in [1.29, 1.82) is 0 Å². The van der Waals surface area contributed by atoms with E-state index in [-0.39, 0.29) is 0 Å². The van der Waals surface area contributed by atoms with Crippen molar-refractivity contribution in [2.45, 2.75) is 31.7 Å². The van der Waals surface area contributed by atoms with Crippen LogP contribution in [0, 0.1) is 5.92 Å². The van der Waals surface area contributed by atoms with Gasteiger partial charge in [0.2, 0.25) is 5.82 Å². The molecule has 4 nitrogen and oxygen atoms in total. The number of benzene rings is 2. The van der Waals surface area contributed by atoms with Gasteiger partial charge in [0.1, 0.15) is 0 Å². The van der Waals surface area contributed by atoms with E-state index in [1.54, 1.807) is 0 Å². The van der Waals surface area contributed by atoms with Gasteiger partial charge in [0.25, 0.3) is 5.89 Å². The highest BCUT2D eigenvalue weighted by atomic mass is 35.5. The summed E-state index contributed by atoms with van der Waals surface area (Å²) in [6.07, 6.45) is 6.52. The molecule has 1 aromatic heterocycles. The third-order valence-electron chi connectivity index (χ3n) is 5.67. The largest absolute Gasteiger partial charge is 0.334 e. The third kappa shape index (κ3) is 4.77. The summed E-state index contributed by atoms with van der Waals surface area (Å²) in [5, 5.41) is 4.77. The molecule has 150 valence electrons. The normalized spacial score (nSPS) is 18.1. The van der Waals surface area contributed by atoms with Gasteiger partial charge in [-0.05, 0) is 63.4 Å². The lowest BCUT2D eigenvalue weighted by molar-refractivity contribution is 0.184. The van der Waals surface area contributed by atoms with Crippen LogP contribution < -0.4 is 0 Å². The lowest BCUT2D eigenvalue weighted by atomic mass is 9.78. The molecule has 0 radical (unpaired) electrons. The highest BCUT2D eigenvalue weighted by Gasteiger charge is 2.28. The Balaban J connectivity index is 1.44. The second-order valence-corrected chi connectivity index (χ2v) is 8.36. The van der Waals surface area contributed by atoms with E-state index in [4.69, 9.17) is 16.1 Å². The van der Waals surface area contributed by atoms with Crippen molar-refractivity contribution < 1.29 is 4.52 Å². The fraction of sp³-hybridized carbons (Fsp3) is 0.333. The fourth-order valence-electron chi connectivity index (χ4n) is 4.33. The zero-order valence-corrected chi connectivity index (χ0v) is 17.6. The second-order valence-electron chi connectivity index (χ2n) is 7.93. The van der Waals surface area contributed by atoms with E-state index in [1.807, 2.05) is 24.3 Å². The van der Waals surface area contributed by atoms with Crippen LogP contribution in [0.25, 0.3) is 17.5 Å². The van der Waals surface area contributed by atoms with Gasteiger partial charge in [-0.1, -0.05) is 64.8 Å². The number of halogens is 1. The highest BCUT2D eigenvalue weighted by molar-refractivity contribution is 6.30. The van der Waals surface area contributed by atoms with Crippen molar-refractivity contribution >= 4 is 17.7 Å². The molecule has 1 aliphatic carbocycles. The topological polar surface area (TPSA) is 42.2 Å². The highest BCUT2D eigenvalue weighted by Crippen LogP contribution is 2.39. The van der Waals surface area contributed by atoms with Crippen LogP contribution in [-0.4, -0.2) is 29.1 Å². The third-order valence-corrected chi connectivity index (χ3v) is 5.90. The molecule has 1 fully saturated rings. The molecule has 1 saturated carbocycles. The van der Waals surface area contributed by atoms with Crippen molar-refractivity contribution in [2.75, 3.05) is 14.1 Å². The first-order chi connectivity index (χ1) is 14.1. The molecule has 1 atom stereocenters. The minimum Gasteiger partial charge on any atom is -0.334 e. The predicted octanol–water partition coefficient (Wildman–Crippen LogP) is 6.27. The molecule has 0 N–H and O–H groups in total. The molecule has 0 saturated heterocycles. The van der Waals surface area contributed by atoms with Crippen LogP contribution in [0.2, 0.25) is 5.02 Å². The Bertz CT molecular complexity index is 971. The van der Waals surface area contributed by atoms with Crippen molar-refractivity contribution in [2.24, 2.45) is 5.92 Å². The van der Waals surface area contributed by atoms with Crippen molar-refractivity contribution in [1.82, 2.24) is 15.0 Å². The minimum atomic E-state index is 0.454. The van der Waals surface area contributed by atoms with Gasteiger partial charge in [0.15, 0.2) is 0 Å². The number of hydrogen-bond acceptors (Lipinski definition) is 4. The molecule has 4 rings (SSSR count). The van der Waals surface area contributed by atoms with Crippen LogP contribution in [0.1, 0.15) is 43.2 Å². The molecule has 1 unspecified atom stereocenters. The van der Waals surface area contributed by atoms with Gasteiger partial charge in [-0.25, -0.2) is 0 Å². The zero-order chi connectivity index (χ0) is 20.2. The maximum Gasteiger partial charge on any atom is 0.250 e. The van der Waals surface area contributed by atoms with Gasteiger partial charge in [0, 0.05) is 22.7 Å². The van der Waals surface area contributed by atoms with E-state index in [0.29, 0.717) is 28.7 Å². The van der Waals surface area contributed by atoms with Crippen molar-refractivity contribution in [3.05, 3.63) is 76.6 Å². The van der Waals surface area contributed by atoms with Crippen LogP contribution >= 0.6 is 11.6 Å². The second kappa shape index (κ2) is 8.93. The van der Waals surface area contributed by atoms with Gasteiger partial charge >= 0.3 is 0 Å². The average Bonchev–Trinajstić information content (AvgIpc) is 3.19. The lowest BCUT2D eigenvalue weighted by Crippen LogP contribution is -2.29. The monoisotopic (exact) mass is 407 g/mol. The predicted molar refractivity (Wildman–Crippen MR) is 118 cm³/mol. The summed E-state index contributed by atoms with van der Waals surface area (Å²) in [6, 6.07) is 18.8. The smallest absolute Gasteiger partial charge is 0.250 e. The van der Waals surface area contributed by atoms with E-state index in [9.17, 15) is 0 Å². The number of allylic oxidation sites excluding steroid dienone is 1. The van der Waals surface area contributed by atoms with Crippen LogP contribution in [0.5, 0.6) is 0 Å². The van der Waals surface area contributed by atoms with Crippen LogP contribution in [0.3, 0.4) is 0 Å². The fourth-order valence-corrected chi connectivity index (χ4v) is 4.52. The van der Waals surface area contributed by atoms with Crippen LogP contribution in [0.15, 0.2) is 64.7 Å². The zero-order valence-electron chi connectivity index (χ0n) is 16.9. The Hall–Kier alpha value is -2.43. The molecule has 0 bridgehead atoms. The van der Waals surface area contributed by atoms with E-state index in [1.165, 1.54) is 24.0 Å². The molecule has 0 aliphatic heterocycles. The van der Waals surface area contributed by atoms with Crippen molar-refractivity contribution in [3.8, 4) is 11.4 Å². The average molecular weight is 408 g/mol. The molecule has 1 aliphatic rings. The van der Waals surface area contributed by atoms with Gasteiger partial charge in [-0.15, -0.1) is 0 Å². The molecule has 1 heterocycles. The summed E-state index contributed by atoms with van der Waals surface area (Å²) < 4.78 is 5.45. The van der Waals surface area contributed by atoms with E-state index in [2.05, 4.69) is 65.5 Å². The first-order valence-electron chi connectivity index (χ1n) is 10.1. The number of rotatable bonds is 5. The van der Waals surface area contributed by atoms with Gasteiger partial charge in [-0.2, -0.15) is 4.98 Å². The maximum absolute atomic E-state index is 6.06. The van der Waals surface area contributed by atoms with Gasteiger partial charge in [0.05, 0.1) is 0 Å². The summed E-state index contributed by atoms with van der Waals surface area (Å²) in [6.45, 7) is 0. The molecule has 5 heteroatoms. The summed E-state index contributed by atoms with van der Waals surface area (Å²) in [7, 11) is 4.36. The molecule has 0 spiro atoms. The first-order valence-corrected chi connectivity index (χ1v) is 10.5. The van der Waals surface area contributed by atoms with Gasteiger partial charge < -0.3 is 9.42 Å². The lowest BCUT2D eigenvalue weighted by Gasteiger charge is -2.36. The molecule has 0 amide bonds. The minimum absolute atomic E-state index is 0.454. The number of hydrogen-bond donors (Lipinski definition) is 0. The molecular weight excluding hydrogens is 382 g/mol. The standard InChI is InChI=1S/C24H26ClN3O/c1-28(2)23(18-7-4-3-5-8-18)19-13-11-17(12-14-19)15-22-26-24(27-29-22)20-9-6-10-21(25)16-20/h3-10,15-16,19,23H,11-14H2,1-2H3. The van der Waals surface area contributed by atoms with Gasteiger partial charge in [-0.3, -0.25) is 0 Å². The molecular formula is C24H26ClN3O. The summed E-state index contributed by atoms with van der Waals surface area (Å²) in [5.41, 5.74) is 3.65. The Morgan fingerprint density at radius 2 is 1.83 bits per heavy atom. The number of aromatic nitrogens is 2. The first kappa shape index (κ1) is 19.9. The Morgan fingerprint density at radius 1 is 1.07 bits per heavy atom.